The number of anilines is 8. The highest BCUT2D eigenvalue weighted by atomic mass is 32.2. The maximum atomic E-state index is 14.0. The molecule has 6 aromatic carbocycles. The lowest BCUT2D eigenvalue weighted by molar-refractivity contribution is -0.406. The van der Waals surface area contributed by atoms with Crippen LogP contribution >= 0.6 is 0 Å². The highest BCUT2D eigenvalue weighted by Crippen LogP contribution is 2.46. The number of aryl methyl sites for hydroxylation is 4. The van der Waals surface area contributed by atoms with Gasteiger partial charge < -0.3 is 45.2 Å². The Bertz CT molecular complexity index is 4340. The fourth-order valence-electron chi connectivity index (χ4n) is 9.33. The first-order valence-corrected chi connectivity index (χ1v) is 28.2. The minimum absolute atomic E-state index is 0.0579. The van der Waals surface area contributed by atoms with Crippen molar-refractivity contribution in [1.82, 2.24) is 0 Å². The van der Waals surface area contributed by atoms with Gasteiger partial charge in [-0.1, -0.05) is 36.4 Å². The molecule has 26 nitrogen and oxygen atoms in total. The van der Waals surface area contributed by atoms with E-state index in [0.29, 0.717) is 56.1 Å². The summed E-state index contributed by atoms with van der Waals surface area (Å²) < 4.78 is 116. The molecule has 4 amide bonds. The third-order valence-electron chi connectivity index (χ3n) is 12.8. The number of rotatable bonds is 17. The third-order valence-corrected chi connectivity index (χ3v) is 15.3. The van der Waals surface area contributed by atoms with Gasteiger partial charge in [0, 0.05) is 56.3 Å². The Morgan fingerprint density at radius 1 is 0.646 bits per heavy atom. The lowest BCUT2D eigenvalue weighted by Crippen LogP contribution is -2.72. The number of benzene rings is 7. The predicted octanol–water partition coefficient (Wildman–Crippen LogP) is 6.63. The highest BCUT2D eigenvalue weighted by molar-refractivity contribution is 7.87. The van der Waals surface area contributed by atoms with E-state index in [1.54, 1.807) is 71.9 Å². The molecule has 0 radical (unpaired) electrons. The van der Waals surface area contributed by atoms with Gasteiger partial charge in [-0.25, -0.2) is 33.3 Å². The first kappa shape index (κ1) is 58.7. The first-order valence-electron chi connectivity index (χ1n) is 23.9. The number of carbonyl (C=O) groups is 4. The summed E-state index contributed by atoms with van der Waals surface area (Å²) >= 11 is 0. The lowest BCUT2D eigenvalue weighted by Gasteiger charge is -2.23. The van der Waals surface area contributed by atoms with Crippen molar-refractivity contribution in [3.05, 3.63) is 153 Å². The summed E-state index contributed by atoms with van der Waals surface area (Å²) in [7, 11) is -15.4. The molecule has 0 aromatic heterocycles. The summed E-state index contributed by atoms with van der Waals surface area (Å²) in [5.41, 5.74) is 6.38. The standard InChI is InChI=1S/C53H50N10O16S3/c1-26-17-28(3)49(61-53(67)57-34-13-10-14-35(20-34)62-76-25-64)30(5)47(26)58-39-23-42-37(21-40(39)63-82(73,74)75)46(36-15-7-8-16-44(36)80(68,69)70)38-22-45(81(71,72)79-55)41(24-43(38)77-42)59-48-27(2)18-29(4)50(31(48)6)60-52(66)56-33-12-9-11-32(19-33)51(65)78-54/h7-25,58,62-63H,54-55H2,1-6H3,(H2,56,60,66)(H2,57,61,67)(H,68,69,70)(H,73,74,75). The number of urea groups is 2. The van der Waals surface area contributed by atoms with E-state index < -0.39 is 58.4 Å². The van der Waals surface area contributed by atoms with Crippen molar-refractivity contribution in [1.29, 1.82) is 0 Å². The van der Waals surface area contributed by atoms with Gasteiger partial charge in [0.05, 0.1) is 45.0 Å². The molecule has 1 aliphatic carbocycles. The van der Waals surface area contributed by atoms with Crippen LogP contribution in [-0.2, 0) is 49.3 Å². The Balaban J connectivity index is 1.33. The van der Waals surface area contributed by atoms with Crippen molar-refractivity contribution in [3.8, 4) is 22.5 Å². The van der Waals surface area contributed by atoms with Crippen molar-refractivity contribution >= 4 is 117 Å². The van der Waals surface area contributed by atoms with Crippen LogP contribution in [0.1, 0.15) is 43.7 Å². The van der Waals surface area contributed by atoms with Crippen LogP contribution in [0.15, 0.2) is 123 Å². The van der Waals surface area contributed by atoms with Gasteiger partial charge in [-0.3, -0.25) is 14.1 Å². The number of amides is 4. The Labute approximate surface area is 467 Å². The zero-order valence-corrected chi connectivity index (χ0v) is 46.4. The van der Waals surface area contributed by atoms with E-state index in [4.69, 9.17) is 16.2 Å². The second kappa shape index (κ2) is 23.3. The molecular formula is C53H50N10O16S3. The van der Waals surface area contributed by atoms with Crippen molar-refractivity contribution in [2.45, 2.75) is 51.3 Å². The molecule has 2 aliphatic rings. The SMILES string of the molecule is Cc1cc(C)c(Nc2cc3oc4cc(=[NH+]c5c(C)cc(C)c(NC(=O)Nc6cccc(C(=O)ON)c6)c5C)c(S(=O)(=O)ON)cc-4c(-c4ccccc4S(=O)(=O)[O-])c3cc2NS(=O)(=O)O)c(C)c1NC(=O)Nc1cccc(NOC=O)c1. The van der Waals surface area contributed by atoms with Crippen LogP contribution in [0.5, 0.6) is 0 Å². The Kier molecular flexibility index (Phi) is 16.7. The summed E-state index contributed by atoms with van der Waals surface area (Å²) in [6, 6.07) is 23.7. The lowest BCUT2D eigenvalue weighted by atomic mass is 9.93. The molecule has 82 heavy (non-hydrogen) atoms. The topological polar surface area (TPSA) is 405 Å². The van der Waals surface area contributed by atoms with Gasteiger partial charge >= 0.3 is 44.9 Å². The molecule has 0 unspecified atom stereocenters. The van der Waals surface area contributed by atoms with Crippen molar-refractivity contribution in [2.75, 3.05) is 36.8 Å². The fraction of sp³-hybridized carbons (Fsp3) is 0.113. The van der Waals surface area contributed by atoms with Crippen LogP contribution in [-0.4, -0.2) is 58.9 Å². The Hall–Kier alpha value is -9.46. The number of nitrogens with two attached hydrogens (primary N) is 2. The van der Waals surface area contributed by atoms with Gasteiger partial charge in [0.15, 0.2) is 4.90 Å². The normalized spacial score (nSPS) is 11.9. The molecular weight excluding hydrogens is 1130 g/mol. The summed E-state index contributed by atoms with van der Waals surface area (Å²) in [6.45, 7) is 10.3. The third kappa shape index (κ3) is 12.8. The smallest absolute Gasteiger partial charge is 0.357 e. The second-order valence-corrected chi connectivity index (χ2v) is 22.4. The van der Waals surface area contributed by atoms with Crippen LogP contribution in [0, 0.1) is 41.5 Å². The van der Waals surface area contributed by atoms with Gasteiger partial charge in [0.1, 0.15) is 21.5 Å². The van der Waals surface area contributed by atoms with Crippen LogP contribution in [0.2, 0.25) is 0 Å². The fourth-order valence-corrected chi connectivity index (χ4v) is 11.2. The van der Waals surface area contributed by atoms with Crippen molar-refractivity contribution in [2.24, 2.45) is 11.8 Å². The van der Waals surface area contributed by atoms with E-state index in [1.165, 1.54) is 60.7 Å². The summed E-state index contributed by atoms with van der Waals surface area (Å²) in [5, 5.41) is 13.8. The van der Waals surface area contributed by atoms with Crippen LogP contribution in [0.25, 0.3) is 33.4 Å². The number of hydrogen-bond acceptors (Lipinski definition) is 19. The molecule has 6 aromatic rings. The quantitative estimate of drug-likeness (QED) is 0.0197. The second-order valence-electron chi connectivity index (χ2n) is 18.4. The number of nitrogens with one attached hydrogen (secondary N) is 8. The zero-order chi connectivity index (χ0) is 59.6. The maximum absolute atomic E-state index is 14.0. The highest BCUT2D eigenvalue weighted by Gasteiger charge is 2.30. The Morgan fingerprint density at radius 2 is 1.26 bits per heavy atom. The van der Waals surface area contributed by atoms with Gasteiger partial charge in [-0.05, 0) is 124 Å². The van der Waals surface area contributed by atoms with Gasteiger partial charge in [-0.15, -0.1) is 0 Å². The minimum atomic E-state index is -5.33. The van der Waals surface area contributed by atoms with E-state index in [2.05, 4.69) is 51.0 Å². The molecule has 0 spiro atoms. The van der Waals surface area contributed by atoms with Crippen LogP contribution in [0.4, 0.5) is 60.8 Å². The first-order chi connectivity index (χ1) is 38.7. The van der Waals surface area contributed by atoms with E-state index in [0.717, 1.165) is 18.2 Å². The largest absolute Gasteiger partial charge is 0.744 e. The Morgan fingerprint density at radius 3 is 1.89 bits per heavy atom. The van der Waals surface area contributed by atoms with Crippen molar-refractivity contribution in [3.63, 3.8) is 0 Å². The molecule has 13 N–H and O–H groups in total. The number of carbonyl (C=O) groups excluding carboxylic acids is 4. The van der Waals surface area contributed by atoms with Crippen LogP contribution < -0.4 is 58.9 Å². The molecule has 8 rings (SSSR count). The molecule has 0 saturated heterocycles. The van der Waals surface area contributed by atoms with Crippen LogP contribution in [0.3, 0.4) is 0 Å². The maximum Gasteiger partial charge on any atom is 0.357 e. The van der Waals surface area contributed by atoms with E-state index in [9.17, 15) is 53.5 Å². The summed E-state index contributed by atoms with van der Waals surface area (Å²) in [5.74, 6) is 9.43. The monoisotopic (exact) mass is 1180 g/mol. The van der Waals surface area contributed by atoms with Gasteiger partial charge in [0.25, 0.3) is 0 Å². The average Bonchev–Trinajstić information content (AvgIpc) is 3.60. The molecule has 1 aliphatic heterocycles. The zero-order valence-electron chi connectivity index (χ0n) is 43.9. The van der Waals surface area contributed by atoms with Gasteiger partial charge in [-0.2, -0.15) is 32.9 Å². The summed E-state index contributed by atoms with van der Waals surface area (Å²) in [6.07, 6.45) is 0. The molecule has 0 saturated carbocycles. The van der Waals surface area contributed by atoms with E-state index in [-0.39, 0.29) is 79.2 Å². The predicted molar refractivity (Wildman–Crippen MR) is 301 cm³/mol. The molecule has 0 atom stereocenters. The molecule has 29 heteroatoms. The summed E-state index contributed by atoms with van der Waals surface area (Å²) in [4.78, 5) is 60.2. The minimum Gasteiger partial charge on any atom is -0.744 e. The molecule has 426 valence electrons. The molecule has 1 heterocycles. The van der Waals surface area contributed by atoms with Gasteiger partial charge in [0.2, 0.25) is 11.0 Å². The van der Waals surface area contributed by atoms with Crippen molar-refractivity contribution < 1.29 is 76.9 Å². The molecule has 0 bridgehead atoms. The number of hydrogen-bond donors (Lipinski definition) is 11. The molecule has 0 fully saturated rings. The average molecular weight is 1180 g/mol. The van der Waals surface area contributed by atoms with E-state index in [1.807, 2.05) is 4.72 Å². The number of fused-ring (bicyclic) bond motifs is 2. The van der Waals surface area contributed by atoms with E-state index >= 15 is 0 Å².